The van der Waals surface area contributed by atoms with Crippen molar-refractivity contribution in [2.45, 2.75) is 72.3 Å². The van der Waals surface area contributed by atoms with Crippen molar-refractivity contribution in [3.05, 3.63) is 34.9 Å². The summed E-state index contributed by atoms with van der Waals surface area (Å²) in [6, 6.07) is 6.99. The molecule has 0 amide bonds. The first-order valence-corrected chi connectivity index (χ1v) is 8.15. The molecule has 1 atom stereocenters. The average molecular weight is 290 g/mol. The van der Waals surface area contributed by atoms with Gasteiger partial charge < -0.3 is 11.5 Å². The Balaban J connectivity index is 3.15. The summed E-state index contributed by atoms with van der Waals surface area (Å²) in [4.78, 5) is 0. The van der Waals surface area contributed by atoms with Crippen molar-refractivity contribution in [2.24, 2.45) is 16.9 Å². The summed E-state index contributed by atoms with van der Waals surface area (Å²) in [5.41, 5.74) is 16.4. The summed E-state index contributed by atoms with van der Waals surface area (Å²) in [6.45, 7) is 14.2. The second-order valence-corrected chi connectivity index (χ2v) is 8.30. The van der Waals surface area contributed by atoms with Gasteiger partial charge in [0.05, 0.1) is 0 Å². The minimum Gasteiger partial charge on any atom is -0.330 e. The van der Waals surface area contributed by atoms with E-state index in [0.29, 0.717) is 0 Å². The minimum atomic E-state index is 0.0630. The zero-order valence-electron chi connectivity index (χ0n) is 14.8. The van der Waals surface area contributed by atoms with Crippen LogP contribution in [-0.4, -0.2) is 6.54 Å². The van der Waals surface area contributed by atoms with E-state index in [9.17, 15) is 0 Å². The van der Waals surface area contributed by atoms with Crippen LogP contribution in [0.1, 0.15) is 77.1 Å². The predicted octanol–water partition coefficient (Wildman–Crippen LogP) is 4.31. The molecule has 0 aromatic heterocycles. The second kappa shape index (κ2) is 6.93. The molecule has 2 nitrogen and oxygen atoms in total. The molecule has 0 aliphatic carbocycles. The number of hydrogen-bond acceptors (Lipinski definition) is 2. The Morgan fingerprint density at radius 3 is 2.05 bits per heavy atom. The van der Waals surface area contributed by atoms with Gasteiger partial charge in [0.2, 0.25) is 0 Å². The van der Waals surface area contributed by atoms with Crippen molar-refractivity contribution in [1.82, 2.24) is 0 Å². The van der Waals surface area contributed by atoms with Gasteiger partial charge in [-0.1, -0.05) is 59.7 Å². The van der Waals surface area contributed by atoms with Gasteiger partial charge in [0.1, 0.15) is 0 Å². The van der Waals surface area contributed by atoms with Crippen LogP contribution in [-0.2, 0) is 11.8 Å². The van der Waals surface area contributed by atoms with Crippen LogP contribution in [0.5, 0.6) is 0 Å². The Kier molecular flexibility index (Phi) is 6.01. The van der Waals surface area contributed by atoms with Crippen molar-refractivity contribution in [3.8, 4) is 0 Å². The van der Waals surface area contributed by atoms with E-state index in [2.05, 4.69) is 59.7 Å². The van der Waals surface area contributed by atoms with Crippen LogP contribution < -0.4 is 11.5 Å². The van der Waals surface area contributed by atoms with E-state index in [1.54, 1.807) is 0 Å². The van der Waals surface area contributed by atoms with Crippen LogP contribution in [0.25, 0.3) is 0 Å². The summed E-state index contributed by atoms with van der Waals surface area (Å²) in [5.74, 6) is 0. The highest BCUT2D eigenvalue weighted by Gasteiger charge is 2.24. The smallest absolute Gasteiger partial charge is 0.0344 e. The third-order valence-electron chi connectivity index (χ3n) is 4.09. The van der Waals surface area contributed by atoms with Gasteiger partial charge in [-0.3, -0.25) is 0 Å². The molecule has 0 aliphatic heterocycles. The first-order valence-electron chi connectivity index (χ1n) is 8.15. The molecule has 120 valence electrons. The lowest BCUT2D eigenvalue weighted by molar-refractivity contribution is 0.326. The van der Waals surface area contributed by atoms with E-state index in [0.717, 1.165) is 25.8 Å². The van der Waals surface area contributed by atoms with Gasteiger partial charge in [-0.05, 0) is 53.3 Å². The molecule has 0 heterocycles. The van der Waals surface area contributed by atoms with Crippen LogP contribution >= 0.6 is 0 Å². The van der Waals surface area contributed by atoms with Crippen LogP contribution in [0.15, 0.2) is 18.2 Å². The van der Waals surface area contributed by atoms with Crippen LogP contribution in [0, 0.1) is 5.41 Å². The lowest BCUT2D eigenvalue weighted by atomic mass is 9.78. The van der Waals surface area contributed by atoms with Gasteiger partial charge in [-0.25, -0.2) is 0 Å². The van der Waals surface area contributed by atoms with Gasteiger partial charge in [0, 0.05) is 6.04 Å². The molecule has 0 aliphatic rings. The van der Waals surface area contributed by atoms with Gasteiger partial charge in [-0.15, -0.1) is 0 Å². The first-order chi connectivity index (χ1) is 9.55. The first kappa shape index (κ1) is 18.2. The molecule has 1 unspecified atom stereocenters. The topological polar surface area (TPSA) is 52.0 Å². The molecule has 0 radical (unpaired) electrons. The Labute approximate surface area is 131 Å². The third kappa shape index (κ3) is 5.44. The molecule has 0 bridgehead atoms. The van der Waals surface area contributed by atoms with Gasteiger partial charge in [0.25, 0.3) is 0 Å². The third-order valence-corrected chi connectivity index (χ3v) is 4.09. The maximum atomic E-state index is 6.49. The Bertz CT molecular complexity index is 450. The average Bonchev–Trinajstić information content (AvgIpc) is 2.35. The SMILES string of the molecule is CC(C)(C)c1cc(CCCCN)cc(C(N)C(C)(C)C)c1. The summed E-state index contributed by atoms with van der Waals surface area (Å²) in [5, 5.41) is 0. The number of aryl methyl sites for hydroxylation is 1. The molecule has 21 heavy (non-hydrogen) atoms. The highest BCUT2D eigenvalue weighted by atomic mass is 14.7. The molecular weight excluding hydrogens is 256 g/mol. The summed E-state index contributed by atoms with van der Waals surface area (Å²) in [7, 11) is 0. The van der Waals surface area contributed by atoms with E-state index in [-0.39, 0.29) is 16.9 Å². The Morgan fingerprint density at radius 2 is 1.57 bits per heavy atom. The standard InChI is InChI=1S/C19H34N2/c1-18(2,3)16-12-14(9-7-8-10-20)11-15(13-16)17(21)19(4,5)6/h11-13,17H,7-10,20-21H2,1-6H3. The molecular formula is C19H34N2. The molecule has 0 saturated carbocycles. The molecule has 1 aromatic rings. The van der Waals surface area contributed by atoms with Crippen molar-refractivity contribution in [1.29, 1.82) is 0 Å². The maximum Gasteiger partial charge on any atom is 0.0344 e. The molecule has 2 heteroatoms. The molecule has 0 saturated heterocycles. The van der Waals surface area contributed by atoms with Crippen molar-refractivity contribution < 1.29 is 0 Å². The number of rotatable bonds is 5. The fourth-order valence-corrected chi connectivity index (χ4v) is 2.45. The summed E-state index contributed by atoms with van der Waals surface area (Å²) in [6.07, 6.45) is 3.32. The number of hydrogen-bond donors (Lipinski definition) is 2. The highest BCUT2D eigenvalue weighted by Crippen LogP contribution is 2.34. The van der Waals surface area contributed by atoms with E-state index in [4.69, 9.17) is 11.5 Å². The lowest BCUT2D eigenvalue weighted by Gasteiger charge is -2.30. The summed E-state index contributed by atoms with van der Waals surface area (Å²) >= 11 is 0. The number of unbranched alkanes of at least 4 members (excludes halogenated alkanes) is 1. The number of nitrogens with two attached hydrogens (primary N) is 2. The van der Waals surface area contributed by atoms with E-state index in [1.165, 1.54) is 16.7 Å². The van der Waals surface area contributed by atoms with Crippen LogP contribution in [0.4, 0.5) is 0 Å². The second-order valence-electron chi connectivity index (χ2n) is 8.30. The van der Waals surface area contributed by atoms with Gasteiger partial charge in [-0.2, -0.15) is 0 Å². The van der Waals surface area contributed by atoms with E-state index < -0.39 is 0 Å². The van der Waals surface area contributed by atoms with E-state index >= 15 is 0 Å². The fourth-order valence-electron chi connectivity index (χ4n) is 2.45. The minimum absolute atomic E-state index is 0.0630. The maximum absolute atomic E-state index is 6.49. The highest BCUT2D eigenvalue weighted by molar-refractivity contribution is 5.36. The largest absolute Gasteiger partial charge is 0.330 e. The molecule has 0 spiro atoms. The van der Waals surface area contributed by atoms with Crippen molar-refractivity contribution in [2.75, 3.05) is 6.54 Å². The quantitative estimate of drug-likeness (QED) is 0.794. The van der Waals surface area contributed by atoms with E-state index in [1.807, 2.05) is 0 Å². The molecule has 1 rings (SSSR count). The molecule has 1 aromatic carbocycles. The van der Waals surface area contributed by atoms with Crippen LogP contribution in [0.2, 0.25) is 0 Å². The zero-order chi connectivity index (χ0) is 16.3. The summed E-state index contributed by atoms with van der Waals surface area (Å²) < 4.78 is 0. The normalized spacial score (nSPS) is 14.3. The lowest BCUT2D eigenvalue weighted by Crippen LogP contribution is -2.27. The van der Waals surface area contributed by atoms with Crippen molar-refractivity contribution in [3.63, 3.8) is 0 Å². The Hall–Kier alpha value is -0.860. The Morgan fingerprint density at radius 1 is 0.952 bits per heavy atom. The zero-order valence-corrected chi connectivity index (χ0v) is 14.8. The number of benzene rings is 1. The van der Waals surface area contributed by atoms with Gasteiger partial charge >= 0.3 is 0 Å². The van der Waals surface area contributed by atoms with Gasteiger partial charge in [0.15, 0.2) is 0 Å². The molecule has 0 fully saturated rings. The predicted molar refractivity (Wildman–Crippen MR) is 93.5 cm³/mol. The monoisotopic (exact) mass is 290 g/mol. The van der Waals surface area contributed by atoms with Crippen molar-refractivity contribution >= 4 is 0 Å². The van der Waals surface area contributed by atoms with Crippen LogP contribution in [0.3, 0.4) is 0 Å². The molecule has 4 N–H and O–H groups in total. The fraction of sp³-hybridized carbons (Fsp3) is 0.684.